The maximum absolute atomic E-state index is 11.8. The first-order valence-corrected chi connectivity index (χ1v) is 9.85. The highest BCUT2D eigenvalue weighted by Gasteiger charge is 2.15. The van der Waals surface area contributed by atoms with Gasteiger partial charge in [0.15, 0.2) is 0 Å². The zero-order valence-corrected chi connectivity index (χ0v) is 14.0. The average Bonchev–Trinajstić information content (AvgIpc) is 2.87. The van der Waals surface area contributed by atoms with E-state index in [1.165, 1.54) is 32.1 Å². The highest BCUT2D eigenvalue weighted by atomic mass is 32.2. The molecule has 0 atom stereocenters. The number of unbranched alkanes of at least 4 members (excludes halogenated alkanes) is 1. The molecule has 4 nitrogen and oxygen atoms in total. The number of nitrogens with one attached hydrogen (secondary N) is 2. The van der Waals surface area contributed by atoms with Gasteiger partial charge in [0.1, 0.15) is 0 Å². The second-order valence-corrected chi connectivity index (χ2v) is 8.25. The van der Waals surface area contributed by atoms with E-state index >= 15 is 0 Å². The third-order valence-electron chi connectivity index (χ3n) is 3.98. The number of hydrogen-bond donors (Lipinski definition) is 2. The first-order valence-electron chi connectivity index (χ1n) is 8.20. The van der Waals surface area contributed by atoms with Gasteiger partial charge in [0.2, 0.25) is 10.0 Å². The van der Waals surface area contributed by atoms with Crippen molar-refractivity contribution in [1.82, 2.24) is 10.0 Å². The van der Waals surface area contributed by atoms with Crippen LogP contribution in [0.4, 0.5) is 0 Å². The van der Waals surface area contributed by atoms with Gasteiger partial charge < -0.3 is 5.32 Å². The summed E-state index contributed by atoms with van der Waals surface area (Å²) in [5, 5.41) is 3.30. The minimum atomic E-state index is -3.06. The van der Waals surface area contributed by atoms with E-state index < -0.39 is 10.0 Å². The van der Waals surface area contributed by atoms with E-state index in [1.807, 2.05) is 0 Å². The summed E-state index contributed by atoms with van der Waals surface area (Å²) in [6.07, 6.45) is 9.23. The summed E-state index contributed by atoms with van der Waals surface area (Å²) < 4.78 is 26.3. The van der Waals surface area contributed by atoms with E-state index in [9.17, 15) is 8.42 Å². The van der Waals surface area contributed by atoms with Crippen LogP contribution in [0.3, 0.4) is 0 Å². The molecule has 1 saturated carbocycles. The van der Waals surface area contributed by atoms with Crippen molar-refractivity contribution in [2.75, 3.05) is 18.8 Å². The molecule has 1 fully saturated rings. The van der Waals surface area contributed by atoms with Crippen molar-refractivity contribution in [2.45, 2.75) is 71.3 Å². The van der Waals surface area contributed by atoms with Gasteiger partial charge in [-0.3, -0.25) is 0 Å². The van der Waals surface area contributed by atoms with Gasteiger partial charge in [-0.05, 0) is 38.1 Å². The van der Waals surface area contributed by atoms with Crippen LogP contribution >= 0.6 is 0 Å². The Morgan fingerprint density at radius 3 is 2.40 bits per heavy atom. The van der Waals surface area contributed by atoms with Crippen LogP contribution in [0.1, 0.15) is 65.2 Å². The Morgan fingerprint density at radius 2 is 1.75 bits per heavy atom. The van der Waals surface area contributed by atoms with Crippen molar-refractivity contribution >= 4 is 10.0 Å². The van der Waals surface area contributed by atoms with Gasteiger partial charge in [0.05, 0.1) is 5.75 Å². The van der Waals surface area contributed by atoms with Gasteiger partial charge in [-0.15, -0.1) is 0 Å². The summed E-state index contributed by atoms with van der Waals surface area (Å²) >= 11 is 0. The van der Waals surface area contributed by atoms with E-state index in [2.05, 4.69) is 23.9 Å². The summed E-state index contributed by atoms with van der Waals surface area (Å²) in [5.74, 6) is 1.11. The van der Waals surface area contributed by atoms with Gasteiger partial charge in [0, 0.05) is 12.6 Å². The standard InChI is InChI=1S/C15H32N2O2S/c1-14(2)16-11-5-6-13-20(18,19)17-12-7-10-15-8-3-4-9-15/h14-17H,3-13H2,1-2H3. The largest absolute Gasteiger partial charge is 0.315 e. The molecule has 0 radical (unpaired) electrons. The third kappa shape index (κ3) is 8.93. The quantitative estimate of drug-likeness (QED) is 0.577. The van der Waals surface area contributed by atoms with Crippen molar-refractivity contribution in [3.8, 4) is 0 Å². The average molecular weight is 305 g/mol. The van der Waals surface area contributed by atoms with E-state index in [-0.39, 0.29) is 5.75 Å². The predicted molar refractivity (Wildman–Crippen MR) is 85.4 cm³/mol. The van der Waals surface area contributed by atoms with Gasteiger partial charge in [-0.25, -0.2) is 13.1 Å². The number of sulfonamides is 1. The molecule has 1 rings (SSSR count). The van der Waals surface area contributed by atoms with Crippen LogP contribution in [0.15, 0.2) is 0 Å². The molecule has 0 bridgehead atoms. The molecule has 0 spiro atoms. The lowest BCUT2D eigenvalue weighted by molar-refractivity contribution is 0.480. The summed E-state index contributed by atoms with van der Waals surface area (Å²) in [4.78, 5) is 0. The fraction of sp³-hybridized carbons (Fsp3) is 1.00. The topological polar surface area (TPSA) is 58.2 Å². The molecule has 0 saturated heterocycles. The SMILES string of the molecule is CC(C)NCCCCS(=O)(=O)NCCCC1CCCC1. The van der Waals surface area contributed by atoms with Crippen LogP contribution in [-0.2, 0) is 10.0 Å². The minimum Gasteiger partial charge on any atom is -0.315 e. The molecular formula is C15H32N2O2S. The highest BCUT2D eigenvalue weighted by molar-refractivity contribution is 7.89. The van der Waals surface area contributed by atoms with Crippen LogP contribution in [-0.4, -0.2) is 33.3 Å². The smallest absolute Gasteiger partial charge is 0.211 e. The first-order chi connectivity index (χ1) is 9.49. The van der Waals surface area contributed by atoms with Crippen molar-refractivity contribution in [3.63, 3.8) is 0 Å². The second-order valence-electron chi connectivity index (χ2n) is 6.32. The van der Waals surface area contributed by atoms with Crippen molar-refractivity contribution in [3.05, 3.63) is 0 Å². The molecule has 5 heteroatoms. The Balaban J connectivity index is 1.99. The summed E-state index contributed by atoms with van der Waals surface area (Å²) in [6, 6.07) is 0.473. The lowest BCUT2D eigenvalue weighted by atomic mass is 10.0. The molecule has 0 unspecified atom stereocenters. The zero-order valence-electron chi connectivity index (χ0n) is 13.2. The Bertz CT molecular complexity index is 336. The van der Waals surface area contributed by atoms with E-state index in [0.29, 0.717) is 12.6 Å². The minimum absolute atomic E-state index is 0.260. The summed E-state index contributed by atoms with van der Waals surface area (Å²) in [5.41, 5.74) is 0. The molecule has 120 valence electrons. The molecule has 0 aromatic rings. The van der Waals surface area contributed by atoms with Crippen molar-refractivity contribution in [2.24, 2.45) is 5.92 Å². The van der Waals surface area contributed by atoms with Gasteiger partial charge in [0.25, 0.3) is 0 Å². The molecule has 2 N–H and O–H groups in total. The molecule has 0 amide bonds. The molecule has 0 aromatic carbocycles. The Kier molecular flexibility index (Phi) is 8.73. The highest BCUT2D eigenvalue weighted by Crippen LogP contribution is 2.28. The predicted octanol–water partition coefficient (Wildman–Crippen LogP) is 2.65. The van der Waals surface area contributed by atoms with Gasteiger partial charge >= 0.3 is 0 Å². The van der Waals surface area contributed by atoms with Crippen molar-refractivity contribution < 1.29 is 8.42 Å². The van der Waals surface area contributed by atoms with E-state index in [0.717, 1.165) is 31.7 Å². The normalized spacial score (nSPS) is 17.1. The number of hydrogen-bond acceptors (Lipinski definition) is 3. The summed E-state index contributed by atoms with van der Waals surface area (Å²) in [6.45, 7) is 5.71. The fourth-order valence-corrected chi connectivity index (χ4v) is 3.98. The molecule has 0 heterocycles. The Hall–Kier alpha value is -0.130. The van der Waals surface area contributed by atoms with Crippen LogP contribution in [0.5, 0.6) is 0 Å². The van der Waals surface area contributed by atoms with Crippen LogP contribution in [0, 0.1) is 5.92 Å². The molecule has 20 heavy (non-hydrogen) atoms. The zero-order chi connectivity index (χ0) is 14.8. The number of rotatable bonds is 11. The van der Waals surface area contributed by atoms with E-state index in [4.69, 9.17) is 0 Å². The molecule has 1 aliphatic carbocycles. The van der Waals surface area contributed by atoms with Crippen LogP contribution in [0.25, 0.3) is 0 Å². The maximum Gasteiger partial charge on any atom is 0.211 e. The fourth-order valence-electron chi connectivity index (χ4n) is 2.80. The summed E-state index contributed by atoms with van der Waals surface area (Å²) in [7, 11) is -3.06. The maximum atomic E-state index is 11.8. The molecular weight excluding hydrogens is 272 g/mol. The first kappa shape index (κ1) is 17.9. The lowest BCUT2D eigenvalue weighted by Gasteiger charge is -2.10. The molecule has 0 aromatic heterocycles. The Morgan fingerprint density at radius 1 is 1.05 bits per heavy atom. The van der Waals surface area contributed by atoms with Crippen LogP contribution in [0.2, 0.25) is 0 Å². The Labute approximate surface area is 125 Å². The lowest BCUT2D eigenvalue weighted by Crippen LogP contribution is -2.28. The van der Waals surface area contributed by atoms with Gasteiger partial charge in [-0.2, -0.15) is 0 Å². The third-order valence-corrected chi connectivity index (χ3v) is 5.45. The van der Waals surface area contributed by atoms with Crippen LogP contribution < -0.4 is 10.0 Å². The molecule has 0 aliphatic heterocycles. The van der Waals surface area contributed by atoms with Crippen molar-refractivity contribution in [1.29, 1.82) is 0 Å². The monoisotopic (exact) mass is 304 g/mol. The van der Waals surface area contributed by atoms with Gasteiger partial charge in [-0.1, -0.05) is 39.5 Å². The van der Waals surface area contributed by atoms with E-state index in [1.54, 1.807) is 0 Å². The second kappa shape index (κ2) is 9.74. The molecule has 1 aliphatic rings.